The SMILES string of the molecule is F[C]=Cc1cccc(F)c1. The molecule has 0 unspecified atom stereocenters. The highest BCUT2D eigenvalue weighted by molar-refractivity contribution is 5.45. The zero-order valence-corrected chi connectivity index (χ0v) is 5.14. The van der Waals surface area contributed by atoms with Gasteiger partial charge in [0.25, 0.3) is 0 Å². The predicted octanol–water partition coefficient (Wildman–Crippen LogP) is 2.57. The summed E-state index contributed by atoms with van der Waals surface area (Å²) in [5.74, 6) is -0.371. The molecular weight excluding hydrogens is 134 g/mol. The topological polar surface area (TPSA) is 0 Å². The van der Waals surface area contributed by atoms with Gasteiger partial charge in [-0.25, -0.2) is 8.78 Å². The van der Waals surface area contributed by atoms with Crippen molar-refractivity contribution in [2.75, 3.05) is 0 Å². The summed E-state index contributed by atoms with van der Waals surface area (Å²) in [6.45, 7) is 0. The second kappa shape index (κ2) is 3.11. The van der Waals surface area contributed by atoms with E-state index >= 15 is 0 Å². The molecule has 0 N–H and O–H groups in total. The molecule has 1 radical (unpaired) electrons. The molecule has 1 aromatic rings. The Balaban J connectivity index is 2.95. The van der Waals surface area contributed by atoms with Crippen molar-refractivity contribution < 1.29 is 8.78 Å². The Morgan fingerprint density at radius 3 is 2.80 bits per heavy atom. The second-order valence-corrected chi connectivity index (χ2v) is 1.81. The molecule has 0 bridgehead atoms. The average Bonchev–Trinajstić information content (AvgIpc) is 1.88. The van der Waals surface area contributed by atoms with Gasteiger partial charge in [0, 0.05) is 0 Å². The van der Waals surface area contributed by atoms with E-state index in [-0.39, 0.29) is 5.82 Å². The second-order valence-electron chi connectivity index (χ2n) is 1.81. The van der Waals surface area contributed by atoms with Crippen molar-refractivity contribution in [1.82, 2.24) is 0 Å². The molecule has 0 amide bonds. The van der Waals surface area contributed by atoms with E-state index < -0.39 is 0 Å². The van der Waals surface area contributed by atoms with Gasteiger partial charge < -0.3 is 0 Å². The minimum absolute atomic E-state index is 0.371. The lowest BCUT2D eigenvalue weighted by Crippen LogP contribution is -1.73. The summed E-state index contributed by atoms with van der Waals surface area (Å²) in [5.41, 5.74) is 0.475. The van der Waals surface area contributed by atoms with E-state index in [1.807, 2.05) is 0 Å². The first-order valence-electron chi connectivity index (χ1n) is 2.78. The largest absolute Gasteiger partial charge is 0.207 e. The summed E-state index contributed by atoms with van der Waals surface area (Å²) < 4.78 is 23.7. The molecule has 10 heavy (non-hydrogen) atoms. The fraction of sp³-hybridized carbons (Fsp3) is 0. The molecular formula is C8H5F2. The van der Waals surface area contributed by atoms with Crippen LogP contribution in [-0.2, 0) is 0 Å². The van der Waals surface area contributed by atoms with E-state index in [1.54, 1.807) is 6.07 Å². The van der Waals surface area contributed by atoms with Gasteiger partial charge in [-0.3, -0.25) is 0 Å². The van der Waals surface area contributed by atoms with Crippen molar-refractivity contribution in [3.8, 4) is 0 Å². The normalized spacial score (nSPS) is 10.6. The highest BCUT2D eigenvalue weighted by atomic mass is 19.1. The van der Waals surface area contributed by atoms with Gasteiger partial charge in [-0.2, -0.15) is 0 Å². The Kier molecular flexibility index (Phi) is 2.15. The summed E-state index contributed by atoms with van der Waals surface area (Å²) in [6.07, 6.45) is 2.39. The monoisotopic (exact) mass is 139 g/mol. The van der Waals surface area contributed by atoms with Crippen LogP contribution in [0.2, 0.25) is 0 Å². The zero-order valence-electron chi connectivity index (χ0n) is 5.14. The summed E-state index contributed by atoms with van der Waals surface area (Å²) in [5, 5.41) is 0. The van der Waals surface area contributed by atoms with E-state index in [2.05, 4.69) is 0 Å². The molecule has 0 aliphatic rings. The van der Waals surface area contributed by atoms with Gasteiger partial charge in [0.05, 0.1) is 0 Å². The molecule has 1 aromatic carbocycles. The van der Waals surface area contributed by atoms with Crippen LogP contribution < -0.4 is 0 Å². The number of rotatable bonds is 1. The first kappa shape index (κ1) is 6.93. The molecule has 0 atom stereocenters. The fourth-order valence-electron chi connectivity index (χ4n) is 0.659. The highest BCUT2D eigenvalue weighted by Crippen LogP contribution is 2.04. The molecule has 0 saturated carbocycles. The number of hydrogen-bond acceptors (Lipinski definition) is 0. The molecule has 2 heteroatoms. The molecule has 0 nitrogen and oxygen atoms in total. The fourth-order valence-corrected chi connectivity index (χ4v) is 0.659. The van der Waals surface area contributed by atoms with Crippen LogP contribution in [0.25, 0.3) is 6.08 Å². The van der Waals surface area contributed by atoms with E-state index in [9.17, 15) is 8.78 Å². The third-order valence-corrected chi connectivity index (χ3v) is 1.07. The predicted molar refractivity (Wildman–Crippen MR) is 35.2 cm³/mol. The molecule has 0 saturated heterocycles. The van der Waals surface area contributed by atoms with Gasteiger partial charge in [-0.05, 0) is 23.8 Å². The van der Waals surface area contributed by atoms with Gasteiger partial charge in [-0.15, -0.1) is 0 Å². The van der Waals surface area contributed by atoms with E-state index in [4.69, 9.17) is 0 Å². The summed E-state index contributed by atoms with van der Waals surface area (Å²) in [4.78, 5) is 0. The van der Waals surface area contributed by atoms with Crippen LogP contribution in [0, 0.1) is 12.1 Å². The van der Waals surface area contributed by atoms with Crippen molar-refractivity contribution >= 4 is 6.08 Å². The summed E-state index contributed by atoms with van der Waals surface area (Å²) in [6, 6.07) is 5.64. The van der Waals surface area contributed by atoms with Crippen LogP contribution in [0.4, 0.5) is 8.78 Å². The Morgan fingerprint density at radius 1 is 1.40 bits per heavy atom. The third-order valence-electron chi connectivity index (χ3n) is 1.07. The lowest BCUT2D eigenvalue weighted by Gasteiger charge is -1.89. The van der Waals surface area contributed by atoms with Crippen molar-refractivity contribution in [2.45, 2.75) is 0 Å². The lowest BCUT2D eigenvalue weighted by molar-refractivity contribution is 0.627. The highest BCUT2D eigenvalue weighted by Gasteiger charge is 1.88. The maximum atomic E-state index is 12.3. The van der Waals surface area contributed by atoms with Gasteiger partial charge in [-0.1, -0.05) is 12.1 Å². The van der Waals surface area contributed by atoms with E-state index in [1.165, 1.54) is 24.5 Å². The Hall–Kier alpha value is -1.18. The van der Waals surface area contributed by atoms with Gasteiger partial charge in [0.2, 0.25) is 0 Å². The molecule has 0 fully saturated rings. The third kappa shape index (κ3) is 1.65. The van der Waals surface area contributed by atoms with Crippen LogP contribution in [0.3, 0.4) is 0 Å². The Labute approximate surface area is 57.8 Å². The summed E-state index contributed by atoms with van der Waals surface area (Å²) in [7, 11) is 0. The average molecular weight is 139 g/mol. The first-order chi connectivity index (χ1) is 4.83. The van der Waals surface area contributed by atoms with Crippen molar-refractivity contribution in [1.29, 1.82) is 0 Å². The van der Waals surface area contributed by atoms with Crippen LogP contribution >= 0.6 is 0 Å². The van der Waals surface area contributed by atoms with Crippen molar-refractivity contribution in [3.63, 3.8) is 0 Å². The smallest absolute Gasteiger partial charge is 0.159 e. The van der Waals surface area contributed by atoms with E-state index in [0.29, 0.717) is 5.56 Å². The van der Waals surface area contributed by atoms with Crippen LogP contribution in [0.15, 0.2) is 24.3 Å². The molecule has 0 aromatic heterocycles. The molecule has 1 rings (SSSR count). The molecule has 51 valence electrons. The molecule has 0 aliphatic carbocycles. The number of halogens is 2. The zero-order chi connectivity index (χ0) is 7.40. The molecule has 0 heterocycles. The van der Waals surface area contributed by atoms with Crippen molar-refractivity contribution in [3.05, 3.63) is 42.0 Å². The first-order valence-corrected chi connectivity index (χ1v) is 2.78. The quantitative estimate of drug-likeness (QED) is 0.561. The van der Waals surface area contributed by atoms with E-state index in [0.717, 1.165) is 6.08 Å². The number of benzene rings is 1. The molecule has 0 spiro atoms. The lowest BCUT2D eigenvalue weighted by atomic mass is 10.2. The Bertz CT molecular complexity index is 241. The standard InChI is InChI=1S/C8H5F2/c9-5-4-7-2-1-3-8(10)6-7/h1-4,6H. The van der Waals surface area contributed by atoms with Gasteiger partial charge in [0.1, 0.15) is 5.82 Å². The minimum atomic E-state index is -0.371. The summed E-state index contributed by atoms with van der Waals surface area (Å²) >= 11 is 0. The van der Waals surface area contributed by atoms with Crippen LogP contribution in [0.1, 0.15) is 5.56 Å². The van der Waals surface area contributed by atoms with Gasteiger partial charge >= 0.3 is 0 Å². The van der Waals surface area contributed by atoms with Gasteiger partial charge in [0.15, 0.2) is 6.33 Å². The maximum Gasteiger partial charge on any atom is 0.159 e. The minimum Gasteiger partial charge on any atom is -0.207 e. The van der Waals surface area contributed by atoms with Crippen LogP contribution in [0.5, 0.6) is 0 Å². The molecule has 0 aliphatic heterocycles. The Morgan fingerprint density at radius 2 is 2.20 bits per heavy atom. The van der Waals surface area contributed by atoms with Crippen molar-refractivity contribution in [2.24, 2.45) is 0 Å². The maximum absolute atomic E-state index is 12.3. The van der Waals surface area contributed by atoms with Crippen LogP contribution in [-0.4, -0.2) is 0 Å². The number of hydrogen-bond donors (Lipinski definition) is 0.